The summed E-state index contributed by atoms with van der Waals surface area (Å²) in [6, 6.07) is -0.699. The van der Waals surface area contributed by atoms with Crippen molar-refractivity contribution in [2.75, 3.05) is 0 Å². The number of rotatable bonds is 3. The maximum absolute atomic E-state index is 10.2. The molecule has 0 aliphatic carbocycles. The van der Waals surface area contributed by atoms with Crippen LogP contribution < -0.4 is 5.73 Å². The maximum atomic E-state index is 10.2. The minimum Gasteiger partial charge on any atom is -0.480 e. The first-order valence-corrected chi connectivity index (χ1v) is 3.08. The van der Waals surface area contributed by atoms with Crippen LogP contribution in [0, 0.1) is 5.92 Å². The molecular formula is C6H13NO2. The molecule has 0 amide bonds. The van der Waals surface area contributed by atoms with Crippen molar-refractivity contribution in [2.24, 2.45) is 11.7 Å². The molecule has 9 heavy (non-hydrogen) atoms. The van der Waals surface area contributed by atoms with E-state index in [0.29, 0.717) is 0 Å². The molecule has 0 saturated heterocycles. The van der Waals surface area contributed by atoms with E-state index in [4.69, 9.17) is 10.8 Å². The van der Waals surface area contributed by atoms with E-state index in [1.54, 1.807) is 0 Å². The predicted octanol–water partition coefficient (Wildman–Crippen LogP) is 0.444. The molecule has 3 heteroatoms. The second kappa shape index (κ2) is 3.45. The van der Waals surface area contributed by atoms with Gasteiger partial charge in [0.2, 0.25) is 0 Å². The van der Waals surface area contributed by atoms with Crippen LogP contribution in [-0.2, 0) is 4.79 Å². The first-order valence-electron chi connectivity index (χ1n) is 3.08. The summed E-state index contributed by atoms with van der Waals surface area (Å²) in [5, 5.41) is 8.36. The third-order valence-electron chi connectivity index (χ3n) is 1.54. The zero-order chi connectivity index (χ0) is 7.44. The summed E-state index contributed by atoms with van der Waals surface area (Å²) >= 11 is 0. The highest BCUT2D eigenvalue weighted by Crippen LogP contribution is 2.04. The Balaban J connectivity index is 3.72. The highest BCUT2D eigenvalue weighted by molar-refractivity contribution is 5.73. The van der Waals surface area contributed by atoms with Gasteiger partial charge in [0.1, 0.15) is 6.04 Å². The van der Waals surface area contributed by atoms with Gasteiger partial charge >= 0.3 is 5.97 Å². The first-order chi connectivity index (χ1) is 4.09. The number of carboxylic acid groups (broad SMARTS) is 1. The van der Waals surface area contributed by atoms with Crippen molar-refractivity contribution >= 4 is 5.97 Å². The van der Waals surface area contributed by atoms with Gasteiger partial charge in [0, 0.05) is 0 Å². The normalized spacial score (nSPS) is 16.8. The van der Waals surface area contributed by atoms with Crippen LogP contribution in [0.4, 0.5) is 0 Å². The number of carbonyl (C=O) groups is 1. The van der Waals surface area contributed by atoms with Gasteiger partial charge in [0.25, 0.3) is 0 Å². The lowest BCUT2D eigenvalue weighted by molar-refractivity contribution is -0.139. The summed E-state index contributed by atoms with van der Waals surface area (Å²) in [5.41, 5.74) is 5.27. The molecule has 0 heterocycles. The molecule has 0 aromatic rings. The fourth-order valence-corrected chi connectivity index (χ4v) is 0.497. The minimum atomic E-state index is -0.913. The van der Waals surface area contributed by atoms with Gasteiger partial charge in [-0.25, -0.2) is 0 Å². The summed E-state index contributed by atoms with van der Waals surface area (Å²) in [6.45, 7) is 3.76. The molecule has 0 unspecified atom stereocenters. The Kier molecular flexibility index (Phi) is 3.24. The lowest BCUT2D eigenvalue weighted by atomic mass is 10.1. The Labute approximate surface area is 54.9 Å². The van der Waals surface area contributed by atoms with E-state index < -0.39 is 12.0 Å². The smallest absolute Gasteiger partial charge is 0.320 e. The van der Waals surface area contributed by atoms with Crippen LogP contribution in [0.15, 0.2) is 0 Å². The van der Waals surface area contributed by atoms with Gasteiger partial charge in [-0.05, 0) is 5.92 Å². The van der Waals surface area contributed by atoms with Crippen molar-refractivity contribution in [1.82, 2.24) is 0 Å². The van der Waals surface area contributed by atoms with Crippen LogP contribution >= 0.6 is 0 Å². The standard InChI is InChI=1S/C6H13NO2/c1-3-4(2)5(7)6(8)9/h4-5H,3,7H2,1-2H3,(H,8,9)/t4-,5-/m0/s1/i2+1,7+0. The molecule has 0 spiro atoms. The average molecular weight is 132 g/mol. The van der Waals surface area contributed by atoms with E-state index in [1.807, 2.05) is 13.8 Å². The molecule has 2 atom stereocenters. The molecule has 0 aromatic carbocycles. The Bertz CT molecular complexity index is 103. The lowest BCUT2D eigenvalue weighted by Gasteiger charge is -2.11. The summed E-state index contributed by atoms with van der Waals surface area (Å²) in [5.74, 6) is -0.841. The fourth-order valence-electron chi connectivity index (χ4n) is 0.497. The molecule has 0 saturated carbocycles. The van der Waals surface area contributed by atoms with E-state index in [2.05, 4.69) is 0 Å². The Morgan fingerprint density at radius 3 is 2.33 bits per heavy atom. The van der Waals surface area contributed by atoms with Gasteiger partial charge in [0.15, 0.2) is 0 Å². The highest BCUT2D eigenvalue weighted by atomic mass is 16.4. The summed E-state index contributed by atoms with van der Waals surface area (Å²) in [7, 11) is 0. The molecule has 0 radical (unpaired) electrons. The van der Waals surface area contributed by atoms with Crippen molar-refractivity contribution in [3.63, 3.8) is 0 Å². The zero-order valence-electron chi connectivity index (χ0n) is 5.79. The summed E-state index contributed by atoms with van der Waals surface area (Å²) in [6.07, 6.45) is 0.813. The molecular weight excluding hydrogens is 119 g/mol. The Hall–Kier alpha value is -0.570. The second-order valence-corrected chi connectivity index (χ2v) is 2.25. The third kappa shape index (κ3) is 2.46. The van der Waals surface area contributed by atoms with Crippen LogP contribution in [0.25, 0.3) is 0 Å². The van der Waals surface area contributed by atoms with E-state index in [0.717, 1.165) is 6.42 Å². The van der Waals surface area contributed by atoms with Gasteiger partial charge in [-0.2, -0.15) is 0 Å². The van der Waals surface area contributed by atoms with Crippen molar-refractivity contribution in [1.29, 1.82) is 0 Å². The molecule has 3 nitrogen and oxygen atoms in total. The molecule has 0 aromatic heterocycles. The van der Waals surface area contributed by atoms with E-state index in [1.165, 1.54) is 0 Å². The van der Waals surface area contributed by atoms with Crippen LogP contribution in [-0.4, -0.2) is 17.1 Å². The van der Waals surface area contributed by atoms with Gasteiger partial charge in [-0.15, -0.1) is 0 Å². The van der Waals surface area contributed by atoms with Gasteiger partial charge in [-0.3, -0.25) is 4.79 Å². The third-order valence-corrected chi connectivity index (χ3v) is 1.54. The van der Waals surface area contributed by atoms with Crippen molar-refractivity contribution in [3.05, 3.63) is 0 Å². The summed E-state index contributed by atoms with van der Waals surface area (Å²) < 4.78 is 0. The van der Waals surface area contributed by atoms with Crippen molar-refractivity contribution in [2.45, 2.75) is 26.3 Å². The molecule has 54 valence electrons. The minimum absolute atomic E-state index is 0.0718. The number of aliphatic carboxylic acids is 1. The lowest BCUT2D eigenvalue weighted by Crippen LogP contribution is -2.36. The number of hydrogen-bond donors (Lipinski definition) is 2. The van der Waals surface area contributed by atoms with Crippen LogP contribution in [0.5, 0.6) is 0 Å². The topological polar surface area (TPSA) is 63.3 Å². The highest BCUT2D eigenvalue weighted by Gasteiger charge is 2.17. The first kappa shape index (κ1) is 8.43. The second-order valence-electron chi connectivity index (χ2n) is 2.25. The Morgan fingerprint density at radius 2 is 2.22 bits per heavy atom. The monoisotopic (exact) mass is 132 g/mol. The molecule has 0 rings (SSSR count). The summed E-state index contributed by atoms with van der Waals surface area (Å²) in [4.78, 5) is 10.2. The molecule has 0 aliphatic rings. The van der Waals surface area contributed by atoms with Crippen LogP contribution in [0.3, 0.4) is 0 Å². The maximum Gasteiger partial charge on any atom is 0.320 e. The predicted molar refractivity (Wildman–Crippen MR) is 35.1 cm³/mol. The van der Waals surface area contributed by atoms with Gasteiger partial charge in [-0.1, -0.05) is 20.3 Å². The largest absolute Gasteiger partial charge is 0.480 e. The molecule has 3 N–H and O–H groups in total. The molecule has 0 aliphatic heterocycles. The number of nitrogens with two attached hydrogens (primary N) is 1. The molecule has 0 bridgehead atoms. The molecule has 0 fully saturated rings. The Morgan fingerprint density at radius 1 is 1.78 bits per heavy atom. The van der Waals surface area contributed by atoms with Crippen LogP contribution in [0.2, 0.25) is 0 Å². The average Bonchev–Trinajstić information content (AvgIpc) is 1.84. The quantitative estimate of drug-likeness (QED) is 0.548. The van der Waals surface area contributed by atoms with Gasteiger partial charge < -0.3 is 10.8 Å². The number of carboxylic acids is 1. The van der Waals surface area contributed by atoms with Gasteiger partial charge in [0.05, 0.1) is 0 Å². The van der Waals surface area contributed by atoms with E-state index >= 15 is 0 Å². The fraction of sp³-hybridized carbons (Fsp3) is 0.833. The van der Waals surface area contributed by atoms with Crippen molar-refractivity contribution < 1.29 is 9.90 Å². The van der Waals surface area contributed by atoms with E-state index in [9.17, 15) is 4.79 Å². The van der Waals surface area contributed by atoms with Crippen molar-refractivity contribution in [3.8, 4) is 0 Å². The van der Waals surface area contributed by atoms with Crippen LogP contribution in [0.1, 0.15) is 20.3 Å². The van der Waals surface area contributed by atoms with E-state index in [-0.39, 0.29) is 5.92 Å². The SMILES string of the molecule is CC[C@H]([13CH3])[C@H]([14NH2])C(=O)O. The zero-order valence-corrected chi connectivity index (χ0v) is 5.79. The number of hydrogen-bond acceptors (Lipinski definition) is 2.